The molecule has 19 heavy (non-hydrogen) atoms. The van der Waals surface area contributed by atoms with E-state index in [1.807, 2.05) is 24.4 Å². The molecule has 0 aliphatic carbocycles. The Morgan fingerprint density at radius 1 is 0.842 bits per heavy atom. The largest absolute Gasteiger partial charge is 0.368 e. The van der Waals surface area contributed by atoms with Crippen LogP contribution in [0.25, 0.3) is 21.7 Å². The van der Waals surface area contributed by atoms with Gasteiger partial charge in [-0.1, -0.05) is 42.5 Å². The smallest absolute Gasteiger partial charge is 0.256 e. The molecule has 0 unspecified atom stereocenters. The zero-order valence-electron chi connectivity index (χ0n) is 9.69. The topological polar surface area (TPSA) is 102 Å². The summed E-state index contributed by atoms with van der Waals surface area (Å²) in [6.45, 7) is 0. The van der Waals surface area contributed by atoms with Gasteiger partial charge in [0.2, 0.25) is 0 Å². The molecule has 0 fully saturated rings. The summed E-state index contributed by atoms with van der Waals surface area (Å²) in [7, 11) is 0. The Morgan fingerprint density at radius 3 is 2.05 bits per heavy atom. The van der Waals surface area contributed by atoms with E-state index in [0.29, 0.717) is 0 Å². The fourth-order valence-electron chi connectivity index (χ4n) is 1.81. The Labute approximate surface area is 115 Å². The Balaban J connectivity index is 0.000000232. The van der Waals surface area contributed by atoms with Gasteiger partial charge < -0.3 is 0 Å². The van der Waals surface area contributed by atoms with Crippen molar-refractivity contribution >= 4 is 21.7 Å². The lowest BCUT2D eigenvalue weighted by Crippen LogP contribution is -4.23. The Hall–Kier alpha value is -1.32. The second-order valence-corrected chi connectivity index (χ2v) is 6.02. The summed E-state index contributed by atoms with van der Waals surface area (Å²) in [4.78, 5) is 4.41. The maximum atomic E-state index is 8.73. The molecule has 0 saturated carbocycles. The van der Waals surface area contributed by atoms with Crippen LogP contribution in [-0.4, -0.2) is 8.42 Å². The summed E-state index contributed by atoms with van der Waals surface area (Å²) in [6.07, 6.45) is 1.93. The van der Waals surface area contributed by atoms with Gasteiger partial charge in [-0.2, -0.15) is 0 Å². The summed E-state index contributed by atoms with van der Waals surface area (Å²) in [6, 6.07) is 16.6. The minimum absolute atomic E-state index is 1.06. The first-order valence-corrected chi connectivity index (χ1v) is 8.91. The van der Waals surface area contributed by atoms with Crippen molar-refractivity contribution in [1.82, 2.24) is 4.98 Å². The van der Waals surface area contributed by atoms with Crippen LogP contribution in [0.5, 0.6) is 0 Å². The zero-order valence-corrected chi connectivity index (χ0v) is 11.9. The predicted octanol–water partition coefficient (Wildman–Crippen LogP) is -3.73. The number of rotatable bonds is 0. The first-order valence-electron chi connectivity index (χ1n) is 5.31. The standard InChI is InChI=1S/C13H9N.HIO4/c1-2-6-11-10(5-1)9-14-13-8-4-3-7-12(11)13;2-1(3,4)5/h1-9H;2H. The van der Waals surface area contributed by atoms with Crippen molar-refractivity contribution in [1.29, 1.82) is 0 Å². The molecule has 0 radical (unpaired) electrons. The second kappa shape index (κ2) is 5.76. The van der Waals surface area contributed by atoms with E-state index in [9.17, 15) is 0 Å². The lowest BCUT2D eigenvalue weighted by molar-refractivity contribution is -1.92. The van der Waals surface area contributed by atoms with Crippen molar-refractivity contribution < 1.29 is 33.8 Å². The monoisotopic (exact) mass is 371 g/mol. The lowest BCUT2D eigenvalue weighted by atomic mass is 10.1. The van der Waals surface area contributed by atoms with Crippen LogP contribution in [0.4, 0.5) is 0 Å². The van der Waals surface area contributed by atoms with E-state index in [0.717, 1.165) is 5.52 Å². The highest BCUT2D eigenvalue weighted by Crippen LogP contribution is 2.22. The summed E-state index contributed by atoms with van der Waals surface area (Å²) < 4.78 is 33.2. The van der Waals surface area contributed by atoms with Crippen molar-refractivity contribution in [2.45, 2.75) is 0 Å². The molecule has 1 N–H and O–H groups in total. The SMILES string of the molecule is [O-][I+3]([O-])([O-])O.c1ccc2c(c1)cnc1ccccc12. The minimum Gasteiger partial charge on any atom is -0.256 e. The molecule has 1 aromatic heterocycles. The third-order valence-corrected chi connectivity index (χ3v) is 2.50. The average Bonchev–Trinajstić information content (AvgIpc) is 2.37. The van der Waals surface area contributed by atoms with E-state index in [1.165, 1.54) is 16.2 Å². The predicted molar refractivity (Wildman–Crippen MR) is 61.5 cm³/mol. The van der Waals surface area contributed by atoms with Crippen LogP contribution >= 0.6 is 0 Å². The molecular formula is C13H10INO4. The molecule has 0 aliphatic heterocycles. The first kappa shape index (κ1) is 14.1. The fourth-order valence-corrected chi connectivity index (χ4v) is 1.81. The molecule has 0 amide bonds. The van der Waals surface area contributed by atoms with E-state index in [1.54, 1.807) is 0 Å². The number of halogens is 1. The summed E-state index contributed by atoms with van der Waals surface area (Å²) >= 11 is -5.69. The van der Waals surface area contributed by atoms with Crippen LogP contribution in [0.2, 0.25) is 0 Å². The van der Waals surface area contributed by atoms with Crippen LogP contribution in [0.1, 0.15) is 0 Å². The molecule has 3 aromatic rings. The van der Waals surface area contributed by atoms with Crippen LogP contribution in [0.15, 0.2) is 54.7 Å². The Kier molecular flexibility index (Phi) is 4.27. The van der Waals surface area contributed by atoms with Gasteiger partial charge in [-0.25, -0.2) is 0 Å². The number of fused-ring (bicyclic) bond motifs is 3. The van der Waals surface area contributed by atoms with Crippen molar-refractivity contribution in [3.05, 3.63) is 54.7 Å². The maximum Gasteiger partial charge on any atom is 0.368 e. The van der Waals surface area contributed by atoms with Gasteiger partial charge in [0, 0.05) is 20.4 Å². The van der Waals surface area contributed by atoms with Crippen molar-refractivity contribution in [2.24, 2.45) is 0 Å². The molecule has 6 heteroatoms. The number of nitrogens with zero attached hydrogens (tertiary/aromatic N) is 1. The number of hydrogen-bond donors (Lipinski definition) is 1. The first-order chi connectivity index (χ1) is 8.95. The fraction of sp³-hybridized carbons (Fsp3) is 0. The zero-order chi connectivity index (χ0) is 13.9. The number of pyridine rings is 1. The van der Waals surface area contributed by atoms with Gasteiger partial charge >= 0.3 is 20.1 Å². The molecule has 0 saturated heterocycles. The van der Waals surface area contributed by atoms with Gasteiger partial charge in [-0.3, -0.25) is 15.3 Å². The van der Waals surface area contributed by atoms with E-state index < -0.39 is 20.1 Å². The normalized spacial score (nSPS) is 11.2. The molecule has 2 aromatic carbocycles. The van der Waals surface area contributed by atoms with Gasteiger partial charge in [0.05, 0.1) is 5.52 Å². The maximum absolute atomic E-state index is 8.73. The molecule has 98 valence electrons. The van der Waals surface area contributed by atoms with Crippen molar-refractivity contribution in [3.63, 3.8) is 0 Å². The van der Waals surface area contributed by atoms with Crippen LogP contribution in [-0.2, 0) is 0 Å². The van der Waals surface area contributed by atoms with Crippen LogP contribution < -0.4 is 30.4 Å². The van der Waals surface area contributed by atoms with Gasteiger partial charge in [-0.05, 0) is 11.5 Å². The molecule has 0 atom stereocenters. The van der Waals surface area contributed by atoms with Gasteiger partial charge in [0.25, 0.3) is 0 Å². The van der Waals surface area contributed by atoms with Crippen LogP contribution in [0.3, 0.4) is 0 Å². The molecule has 5 nitrogen and oxygen atoms in total. The average molecular weight is 371 g/mol. The van der Waals surface area contributed by atoms with Gasteiger partial charge in [0.1, 0.15) is 0 Å². The highest BCUT2D eigenvalue weighted by Gasteiger charge is 2.11. The molecule has 3 rings (SSSR count). The number of aromatic nitrogens is 1. The summed E-state index contributed by atoms with van der Waals surface area (Å²) in [5, 5.41) is 3.70. The number of hydrogen-bond acceptors (Lipinski definition) is 5. The summed E-state index contributed by atoms with van der Waals surface area (Å²) in [5.74, 6) is 0. The van der Waals surface area contributed by atoms with E-state index in [4.69, 9.17) is 13.7 Å². The van der Waals surface area contributed by atoms with Crippen LogP contribution in [0, 0.1) is 0 Å². The van der Waals surface area contributed by atoms with Gasteiger partial charge in [0.15, 0.2) is 0 Å². The van der Waals surface area contributed by atoms with Crippen molar-refractivity contribution in [2.75, 3.05) is 0 Å². The molecule has 0 aliphatic rings. The van der Waals surface area contributed by atoms with E-state index >= 15 is 0 Å². The van der Waals surface area contributed by atoms with E-state index in [2.05, 4.69) is 35.3 Å². The highest BCUT2D eigenvalue weighted by molar-refractivity contribution is 6.05. The highest BCUT2D eigenvalue weighted by atomic mass is 127. The molecule has 0 bridgehead atoms. The summed E-state index contributed by atoms with van der Waals surface area (Å²) in [5.41, 5.74) is 1.06. The second-order valence-electron chi connectivity index (χ2n) is 3.76. The third kappa shape index (κ3) is 4.08. The third-order valence-electron chi connectivity index (χ3n) is 2.50. The molecule has 1 heterocycles. The van der Waals surface area contributed by atoms with Crippen molar-refractivity contribution in [3.8, 4) is 0 Å². The molecule has 0 spiro atoms. The molecular weight excluding hydrogens is 361 g/mol. The Bertz CT molecular complexity index is 636. The quantitative estimate of drug-likeness (QED) is 0.323. The number of benzene rings is 2. The Morgan fingerprint density at radius 2 is 1.37 bits per heavy atom. The van der Waals surface area contributed by atoms with Gasteiger partial charge in [-0.15, -0.1) is 0 Å². The minimum atomic E-state index is -5.69. The lowest BCUT2D eigenvalue weighted by Gasteiger charge is -2.01. The number of para-hydroxylation sites is 1. The van der Waals surface area contributed by atoms with E-state index in [-0.39, 0.29) is 0 Å².